The summed E-state index contributed by atoms with van der Waals surface area (Å²) in [5.41, 5.74) is -0.130. The normalized spacial score (nSPS) is 12.0. The van der Waals surface area contributed by atoms with Gasteiger partial charge in [-0.15, -0.1) is 11.3 Å². The van der Waals surface area contributed by atoms with Crippen LogP contribution >= 0.6 is 11.3 Å². The van der Waals surface area contributed by atoms with Gasteiger partial charge in [-0.2, -0.15) is 0 Å². The first kappa shape index (κ1) is 15.2. The van der Waals surface area contributed by atoms with E-state index in [1.54, 1.807) is 11.3 Å². The van der Waals surface area contributed by atoms with Crippen LogP contribution in [0.2, 0.25) is 0 Å². The summed E-state index contributed by atoms with van der Waals surface area (Å²) in [6, 6.07) is 2.02. The number of thiophene rings is 1. The molecule has 2 aromatic rings. The van der Waals surface area contributed by atoms with Crippen molar-refractivity contribution < 1.29 is 9.47 Å². The smallest absolute Gasteiger partial charge is 0.158 e. The zero-order valence-electron chi connectivity index (χ0n) is 12.4. The zero-order chi connectivity index (χ0) is 14.6. The van der Waals surface area contributed by atoms with Crippen LogP contribution in [0.4, 0.5) is 5.82 Å². The maximum atomic E-state index is 5.59. The van der Waals surface area contributed by atoms with Gasteiger partial charge in [0.05, 0.1) is 24.2 Å². The van der Waals surface area contributed by atoms with Crippen molar-refractivity contribution in [3.05, 3.63) is 17.3 Å². The Labute approximate surface area is 123 Å². The molecule has 0 unspecified atom stereocenters. The number of nitrogens with zero attached hydrogens (tertiary/aromatic N) is 2. The summed E-state index contributed by atoms with van der Waals surface area (Å²) in [4.78, 5) is 9.93. The van der Waals surface area contributed by atoms with E-state index in [9.17, 15) is 0 Å². The van der Waals surface area contributed by atoms with Crippen molar-refractivity contribution in [1.82, 2.24) is 9.97 Å². The summed E-state index contributed by atoms with van der Waals surface area (Å²) in [5.74, 6) is 1.54. The molecule has 6 heteroatoms. The number of rotatable bonds is 6. The third-order valence-corrected chi connectivity index (χ3v) is 3.41. The van der Waals surface area contributed by atoms with Crippen LogP contribution < -0.4 is 5.32 Å². The van der Waals surface area contributed by atoms with Gasteiger partial charge in [-0.05, 0) is 32.2 Å². The van der Waals surface area contributed by atoms with Gasteiger partial charge in [0.15, 0.2) is 5.82 Å². The summed E-state index contributed by atoms with van der Waals surface area (Å²) in [6.07, 6.45) is 0. The Balaban J connectivity index is 1.90. The lowest BCUT2D eigenvalue weighted by Gasteiger charge is -2.19. The van der Waals surface area contributed by atoms with E-state index in [0.29, 0.717) is 25.6 Å². The summed E-state index contributed by atoms with van der Waals surface area (Å²) in [6.45, 7) is 7.59. The number of anilines is 1. The first-order chi connectivity index (χ1) is 9.49. The molecule has 1 N–H and O–H groups in total. The first-order valence-electron chi connectivity index (χ1n) is 6.63. The quantitative estimate of drug-likeness (QED) is 0.830. The van der Waals surface area contributed by atoms with Gasteiger partial charge in [0.1, 0.15) is 17.3 Å². The van der Waals surface area contributed by atoms with Gasteiger partial charge in [-0.25, -0.2) is 9.97 Å². The molecule has 2 rings (SSSR count). The van der Waals surface area contributed by atoms with Gasteiger partial charge in [0.2, 0.25) is 0 Å². The van der Waals surface area contributed by atoms with Crippen LogP contribution in [0.3, 0.4) is 0 Å². The van der Waals surface area contributed by atoms with Gasteiger partial charge < -0.3 is 14.8 Å². The predicted octanol–water partition coefficient (Wildman–Crippen LogP) is 3.06. The molecule has 0 fully saturated rings. The number of ether oxygens (including phenoxy) is 2. The van der Waals surface area contributed by atoms with Crippen LogP contribution in [0.25, 0.3) is 10.2 Å². The van der Waals surface area contributed by atoms with Crippen molar-refractivity contribution in [3.63, 3.8) is 0 Å². The molecule has 0 aromatic carbocycles. The third kappa shape index (κ3) is 4.13. The Morgan fingerprint density at radius 2 is 2.05 bits per heavy atom. The number of aromatic nitrogens is 2. The molecular formula is C14H21N3O2S. The van der Waals surface area contributed by atoms with Gasteiger partial charge >= 0.3 is 0 Å². The minimum atomic E-state index is -0.130. The molecule has 110 valence electrons. The maximum absolute atomic E-state index is 5.59. The molecular weight excluding hydrogens is 274 g/mol. The van der Waals surface area contributed by atoms with E-state index >= 15 is 0 Å². The van der Waals surface area contributed by atoms with Gasteiger partial charge in [-0.1, -0.05) is 0 Å². The number of nitrogens with one attached hydrogen (secondary N) is 1. The lowest BCUT2D eigenvalue weighted by molar-refractivity contribution is -0.0383. The van der Waals surface area contributed by atoms with E-state index in [0.717, 1.165) is 16.0 Å². The molecule has 0 radical (unpaired) electrons. The SMILES string of the molecule is CNc1nc(COCCOC(C)(C)C)nc2sccc12. The first-order valence-corrected chi connectivity index (χ1v) is 7.51. The third-order valence-electron chi connectivity index (χ3n) is 2.60. The summed E-state index contributed by atoms with van der Waals surface area (Å²) < 4.78 is 11.2. The van der Waals surface area contributed by atoms with Gasteiger partial charge in [-0.3, -0.25) is 0 Å². The highest BCUT2D eigenvalue weighted by molar-refractivity contribution is 7.16. The molecule has 5 nitrogen and oxygen atoms in total. The minimum Gasteiger partial charge on any atom is -0.373 e. The van der Waals surface area contributed by atoms with E-state index in [-0.39, 0.29) is 5.60 Å². The van der Waals surface area contributed by atoms with E-state index in [2.05, 4.69) is 15.3 Å². The Hall–Kier alpha value is -1.24. The van der Waals surface area contributed by atoms with E-state index in [1.807, 2.05) is 39.3 Å². The molecule has 0 aliphatic rings. The van der Waals surface area contributed by atoms with Crippen molar-refractivity contribution >= 4 is 27.4 Å². The summed E-state index contributed by atoms with van der Waals surface area (Å²) in [7, 11) is 1.86. The lowest BCUT2D eigenvalue weighted by Crippen LogP contribution is -2.21. The molecule has 0 saturated heterocycles. The monoisotopic (exact) mass is 295 g/mol. The Morgan fingerprint density at radius 1 is 1.25 bits per heavy atom. The Bertz CT molecular complexity index is 563. The summed E-state index contributed by atoms with van der Waals surface area (Å²) >= 11 is 1.61. The highest BCUT2D eigenvalue weighted by Crippen LogP contribution is 2.24. The molecule has 0 amide bonds. The fraction of sp³-hybridized carbons (Fsp3) is 0.571. The Kier molecular flexibility index (Phi) is 4.91. The van der Waals surface area contributed by atoms with Crippen molar-refractivity contribution in [1.29, 1.82) is 0 Å². The van der Waals surface area contributed by atoms with E-state index in [4.69, 9.17) is 9.47 Å². The van der Waals surface area contributed by atoms with Crippen LogP contribution in [0, 0.1) is 0 Å². The zero-order valence-corrected chi connectivity index (χ0v) is 13.2. The second kappa shape index (κ2) is 6.47. The lowest BCUT2D eigenvalue weighted by atomic mass is 10.2. The standard InChI is InChI=1S/C14H21N3O2S/c1-14(2,3)19-7-6-18-9-11-16-12(15-4)10-5-8-20-13(10)17-11/h5,8H,6-7,9H2,1-4H3,(H,15,16,17). The average molecular weight is 295 g/mol. The molecule has 0 saturated carbocycles. The molecule has 0 bridgehead atoms. The van der Waals surface area contributed by atoms with E-state index in [1.165, 1.54) is 0 Å². The van der Waals surface area contributed by atoms with Crippen LogP contribution in [0.5, 0.6) is 0 Å². The second-order valence-corrected chi connectivity index (χ2v) is 6.29. The van der Waals surface area contributed by atoms with E-state index < -0.39 is 0 Å². The second-order valence-electron chi connectivity index (χ2n) is 5.39. The fourth-order valence-electron chi connectivity index (χ4n) is 1.72. The molecule has 0 atom stereocenters. The summed E-state index contributed by atoms with van der Waals surface area (Å²) in [5, 5.41) is 6.16. The van der Waals surface area contributed by atoms with Crippen molar-refractivity contribution in [2.45, 2.75) is 33.0 Å². The molecule has 0 spiro atoms. The molecule has 20 heavy (non-hydrogen) atoms. The topological polar surface area (TPSA) is 56.3 Å². The molecule has 2 aromatic heterocycles. The van der Waals surface area contributed by atoms with Gasteiger partial charge in [0.25, 0.3) is 0 Å². The van der Waals surface area contributed by atoms with Crippen LogP contribution in [0.15, 0.2) is 11.4 Å². The minimum absolute atomic E-state index is 0.130. The molecule has 2 heterocycles. The number of hydrogen-bond donors (Lipinski definition) is 1. The fourth-order valence-corrected chi connectivity index (χ4v) is 2.51. The van der Waals surface area contributed by atoms with Crippen molar-refractivity contribution in [2.75, 3.05) is 25.6 Å². The maximum Gasteiger partial charge on any atom is 0.158 e. The largest absolute Gasteiger partial charge is 0.373 e. The predicted molar refractivity (Wildman–Crippen MR) is 82.3 cm³/mol. The Morgan fingerprint density at radius 3 is 2.75 bits per heavy atom. The number of fused-ring (bicyclic) bond motifs is 1. The number of hydrogen-bond acceptors (Lipinski definition) is 6. The van der Waals surface area contributed by atoms with Crippen LogP contribution in [-0.4, -0.2) is 35.8 Å². The average Bonchev–Trinajstić information content (AvgIpc) is 2.84. The van der Waals surface area contributed by atoms with Crippen LogP contribution in [-0.2, 0) is 16.1 Å². The molecule has 0 aliphatic heterocycles. The molecule has 0 aliphatic carbocycles. The highest BCUT2D eigenvalue weighted by atomic mass is 32.1. The van der Waals surface area contributed by atoms with Crippen molar-refractivity contribution in [3.8, 4) is 0 Å². The van der Waals surface area contributed by atoms with Gasteiger partial charge in [0, 0.05) is 7.05 Å². The highest BCUT2D eigenvalue weighted by Gasteiger charge is 2.10. The van der Waals surface area contributed by atoms with Crippen LogP contribution in [0.1, 0.15) is 26.6 Å². The van der Waals surface area contributed by atoms with Crippen molar-refractivity contribution in [2.24, 2.45) is 0 Å².